The van der Waals surface area contributed by atoms with E-state index in [1.807, 2.05) is 18.2 Å². The lowest BCUT2D eigenvalue weighted by molar-refractivity contribution is 0.0696. The van der Waals surface area contributed by atoms with Crippen LogP contribution >= 0.6 is 0 Å². The van der Waals surface area contributed by atoms with Crippen molar-refractivity contribution in [2.75, 3.05) is 0 Å². The van der Waals surface area contributed by atoms with Gasteiger partial charge in [-0.05, 0) is 29.7 Å². The van der Waals surface area contributed by atoms with Gasteiger partial charge in [0.2, 0.25) is 0 Å². The Kier molecular flexibility index (Phi) is 3.11. The summed E-state index contributed by atoms with van der Waals surface area (Å²) in [6.07, 6.45) is 0. The second-order valence-electron chi connectivity index (χ2n) is 3.99. The molecule has 0 spiro atoms. The van der Waals surface area contributed by atoms with Gasteiger partial charge in [0.25, 0.3) is 0 Å². The van der Waals surface area contributed by atoms with Gasteiger partial charge in [0, 0.05) is 0 Å². The summed E-state index contributed by atoms with van der Waals surface area (Å²) in [5, 5.41) is 9.08. The molecule has 2 aromatic carbocycles. The van der Waals surface area contributed by atoms with Crippen molar-refractivity contribution in [2.24, 2.45) is 0 Å². The number of hydrogen-bond donors (Lipinski definition) is 1. The summed E-state index contributed by atoms with van der Waals surface area (Å²) in [7, 11) is 0. The third-order valence-electron chi connectivity index (χ3n) is 2.80. The highest BCUT2D eigenvalue weighted by Gasteiger charge is 2.08. The number of carbonyl (C=O) groups is 1. The van der Waals surface area contributed by atoms with Gasteiger partial charge in [-0.25, -0.2) is 9.64 Å². The summed E-state index contributed by atoms with van der Waals surface area (Å²) in [5.41, 5.74) is 3.37. The number of aryl methyl sites for hydroxylation is 1. The van der Waals surface area contributed by atoms with Crippen molar-refractivity contribution < 1.29 is 9.90 Å². The van der Waals surface area contributed by atoms with Crippen LogP contribution in [0.25, 0.3) is 16.0 Å². The molecule has 0 saturated heterocycles. The zero-order valence-electron chi connectivity index (χ0n) is 9.84. The molecule has 88 valence electrons. The quantitative estimate of drug-likeness (QED) is 0.804. The van der Waals surface area contributed by atoms with E-state index < -0.39 is 5.97 Å². The molecule has 0 aromatic heterocycles. The molecule has 2 rings (SSSR count). The fourth-order valence-corrected chi connectivity index (χ4v) is 1.76. The van der Waals surface area contributed by atoms with Crippen molar-refractivity contribution in [3.05, 3.63) is 65.0 Å². The first-order valence-corrected chi connectivity index (χ1v) is 5.43. The Balaban J connectivity index is 2.48. The molecule has 0 aliphatic carbocycles. The molecule has 0 aliphatic heterocycles. The van der Waals surface area contributed by atoms with Gasteiger partial charge >= 0.3 is 5.97 Å². The van der Waals surface area contributed by atoms with Crippen molar-refractivity contribution in [3.63, 3.8) is 0 Å². The van der Waals surface area contributed by atoms with E-state index in [4.69, 9.17) is 11.7 Å². The normalized spacial score (nSPS) is 9.78. The first-order chi connectivity index (χ1) is 8.61. The van der Waals surface area contributed by atoms with Crippen molar-refractivity contribution in [1.82, 2.24) is 0 Å². The second kappa shape index (κ2) is 4.72. The molecular formula is C15H11NO2. The average Bonchev–Trinajstić information content (AvgIpc) is 2.39. The van der Waals surface area contributed by atoms with Crippen LogP contribution in [0, 0.1) is 13.5 Å². The van der Waals surface area contributed by atoms with Crippen LogP contribution < -0.4 is 0 Å². The Bertz CT molecular complexity index is 637. The molecule has 0 heterocycles. The van der Waals surface area contributed by atoms with Crippen LogP contribution in [0.2, 0.25) is 0 Å². The standard InChI is InChI=1S/C15H11NO2/c1-10-3-4-12(9-14(10)15(17)18)11-5-7-13(16-2)8-6-11/h3-9H,1H3,(H,17,18). The van der Waals surface area contributed by atoms with Crippen LogP contribution in [0.4, 0.5) is 5.69 Å². The van der Waals surface area contributed by atoms with E-state index >= 15 is 0 Å². The predicted molar refractivity (Wildman–Crippen MR) is 69.8 cm³/mol. The predicted octanol–water partition coefficient (Wildman–Crippen LogP) is 3.91. The summed E-state index contributed by atoms with van der Waals surface area (Å²) in [6.45, 7) is 8.66. The molecule has 0 atom stereocenters. The Morgan fingerprint density at radius 2 is 1.72 bits per heavy atom. The van der Waals surface area contributed by atoms with Crippen LogP contribution in [-0.2, 0) is 0 Å². The SMILES string of the molecule is [C-]#[N+]c1ccc(-c2ccc(C)c(C(=O)O)c2)cc1. The van der Waals surface area contributed by atoms with Crippen LogP contribution in [0.15, 0.2) is 42.5 Å². The number of hydrogen-bond acceptors (Lipinski definition) is 1. The lowest BCUT2D eigenvalue weighted by Gasteiger charge is -2.06. The van der Waals surface area contributed by atoms with Gasteiger partial charge in [-0.1, -0.05) is 36.4 Å². The van der Waals surface area contributed by atoms with Crippen LogP contribution in [0.5, 0.6) is 0 Å². The van der Waals surface area contributed by atoms with Crippen molar-refractivity contribution in [2.45, 2.75) is 6.92 Å². The number of carboxylic acid groups (broad SMARTS) is 1. The maximum atomic E-state index is 11.1. The molecule has 0 unspecified atom stereocenters. The molecule has 0 radical (unpaired) electrons. The molecule has 0 saturated carbocycles. The topological polar surface area (TPSA) is 41.7 Å². The smallest absolute Gasteiger partial charge is 0.335 e. The Hall–Kier alpha value is -2.60. The highest BCUT2D eigenvalue weighted by atomic mass is 16.4. The maximum absolute atomic E-state index is 11.1. The molecule has 2 aromatic rings. The Labute approximate surface area is 105 Å². The fourth-order valence-electron chi connectivity index (χ4n) is 1.76. The highest BCUT2D eigenvalue weighted by molar-refractivity contribution is 5.91. The summed E-state index contributed by atoms with van der Waals surface area (Å²) < 4.78 is 0. The molecule has 1 N–H and O–H groups in total. The van der Waals surface area contributed by atoms with Gasteiger partial charge in [-0.3, -0.25) is 0 Å². The first-order valence-electron chi connectivity index (χ1n) is 5.43. The first kappa shape index (κ1) is 11.9. The van der Waals surface area contributed by atoms with Crippen molar-refractivity contribution >= 4 is 11.7 Å². The van der Waals surface area contributed by atoms with E-state index in [1.54, 1.807) is 31.2 Å². The minimum Gasteiger partial charge on any atom is -0.478 e. The third-order valence-corrected chi connectivity index (χ3v) is 2.80. The number of nitrogens with zero attached hydrogens (tertiary/aromatic N) is 1. The Morgan fingerprint density at radius 1 is 1.11 bits per heavy atom. The third kappa shape index (κ3) is 2.23. The summed E-state index contributed by atoms with van der Waals surface area (Å²) >= 11 is 0. The summed E-state index contributed by atoms with van der Waals surface area (Å²) in [4.78, 5) is 14.4. The van der Waals surface area contributed by atoms with E-state index in [1.165, 1.54) is 0 Å². The largest absolute Gasteiger partial charge is 0.478 e. The number of carboxylic acids is 1. The van der Waals surface area contributed by atoms with Gasteiger partial charge in [0.15, 0.2) is 5.69 Å². The Morgan fingerprint density at radius 3 is 2.28 bits per heavy atom. The van der Waals surface area contributed by atoms with Gasteiger partial charge in [-0.2, -0.15) is 0 Å². The highest BCUT2D eigenvalue weighted by Crippen LogP contribution is 2.24. The minimum absolute atomic E-state index is 0.307. The van der Waals surface area contributed by atoms with E-state index in [-0.39, 0.29) is 0 Å². The van der Waals surface area contributed by atoms with Crippen LogP contribution in [0.3, 0.4) is 0 Å². The lowest BCUT2D eigenvalue weighted by atomic mass is 10.00. The van der Waals surface area contributed by atoms with Gasteiger partial charge in [-0.15, -0.1) is 0 Å². The van der Waals surface area contributed by atoms with Crippen molar-refractivity contribution in [3.8, 4) is 11.1 Å². The fraction of sp³-hybridized carbons (Fsp3) is 0.0667. The average molecular weight is 237 g/mol. The zero-order chi connectivity index (χ0) is 13.1. The van der Waals surface area contributed by atoms with Gasteiger partial charge in [0.1, 0.15) is 0 Å². The molecule has 0 fully saturated rings. The lowest BCUT2D eigenvalue weighted by Crippen LogP contribution is -1.99. The summed E-state index contributed by atoms with van der Waals surface area (Å²) in [6, 6.07) is 12.4. The minimum atomic E-state index is -0.924. The summed E-state index contributed by atoms with van der Waals surface area (Å²) in [5.74, 6) is -0.924. The molecule has 0 bridgehead atoms. The van der Waals surface area contributed by atoms with Gasteiger partial charge in [0.05, 0.1) is 12.1 Å². The molecular weight excluding hydrogens is 226 g/mol. The van der Waals surface area contributed by atoms with E-state index in [0.717, 1.165) is 16.7 Å². The van der Waals surface area contributed by atoms with Crippen LogP contribution in [-0.4, -0.2) is 11.1 Å². The number of aromatic carboxylic acids is 1. The molecule has 18 heavy (non-hydrogen) atoms. The van der Waals surface area contributed by atoms with Gasteiger partial charge < -0.3 is 5.11 Å². The second-order valence-corrected chi connectivity index (χ2v) is 3.99. The number of rotatable bonds is 2. The molecule has 0 aliphatic rings. The molecule has 0 amide bonds. The maximum Gasteiger partial charge on any atom is 0.335 e. The van der Waals surface area contributed by atoms with E-state index in [0.29, 0.717) is 11.3 Å². The molecule has 3 heteroatoms. The monoisotopic (exact) mass is 237 g/mol. The zero-order valence-corrected chi connectivity index (χ0v) is 9.84. The van der Waals surface area contributed by atoms with E-state index in [9.17, 15) is 4.79 Å². The number of benzene rings is 2. The molecule has 3 nitrogen and oxygen atoms in total. The van der Waals surface area contributed by atoms with E-state index in [2.05, 4.69) is 4.85 Å². The van der Waals surface area contributed by atoms with Crippen molar-refractivity contribution in [1.29, 1.82) is 0 Å². The van der Waals surface area contributed by atoms with Crippen LogP contribution in [0.1, 0.15) is 15.9 Å².